The van der Waals surface area contributed by atoms with Gasteiger partial charge in [0.2, 0.25) is 5.75 Å². The summed E-state index contributed by atoms with van der Waals surface area (Å²) in [6, 6.07) is 8.98. The van der Waals surface area contributed by atoms with Crippen LogP contribution in [0, 0.1) is 11.7 Å². The molecule has 0 saturated carbocycles. The molecule has 5 nitrogen and oxygen atoms in total. The predicted molar refractivity (Wildman–Crippen MR) is 136 cm³/mol. The predicted octanol–water partition coefficient (Wildman–Crippen LogP) is 5.25. The van der Waals surface area contributed by atoms with Crippen LogP contribution in [0.1, 0.15) is 49.3 Å². The average molecular weight is 496 g/mol. The number of rotatable bonds is 10. The molecule has 3 rings (SSSR count). The molecule has 7 heteroatoms. The zero-order valence-corrected chi connectivity index (χ0v) is 22.0. The van der Waals surface area contributed by atoms with Gasteiger partial charge in [0.05, 0.1) is 26.9 Å². The minimum absolute atomic E-state index is 0. The van der Waals surface area contributed by atoms with Crippen LogP contribution in [0.15, 0.2) is 30.3 Å². The fourth-order valence-electron chi connectivity index (χ4n) is 5.25. The Bertz CT molecular complexity index is 929. The lowest BCUT2D eigenvalue weighted by molar-refractivity contribution is -0.0300. The number of halogens is 2. The van der Waals surface area contributed by atoms with E-state index in [-0.39, 0.29) is 30.1 Å². The molecule has 0 amide bonds. The van der Waals surface area contributed by atoms with Crippen LogP contribution in [0.3, 0.4) is 0 Å². The molecule has 0 saturated heterocycles. The van der Waals surface area contributed by atoms with E-state index < -0.39 is 5.60 Å². The molecule has 2 aromatic rings. The molecule has 2 atom stereocenters. The van der Waals surface area contributed by atoms with Crippen molar-refractivity contribution in [2.45, 2.75) is 51.0 Å². The Labute approximate surface area is 209 Å². The molecular weight excluding hydrogens is 457 g/mol. The second-order valence-electron chi connectivity index (χ2n) is 9.51. The van der Waals surface area contributed by atoms with Gasteiger partial charge in [-0.2, -0.15) is 0 Å². The second-order valence-corrected chi connectivity index (χ2v) is 9.51. The standard InChI is InChI=1S/C27H38FNO4.ClH/c1-18(2)25-22-8-7-21(28)17-20(22)9-11-27(25,30)12-14-29(3)13-10-19-15-23(31-4)26(33-6)24(16-19)32-5;/h7-8,15-18,25,30H,9-14H2,1-6H3;1H/t25-,27-;/m0./s1. The monoisotopic (exact) mass is 495 g/mol. The lowest BCUT2D eigenvalue weighted by atomic mass is 9.66. The van der Waals surface area contributed by atoms with E-state index in [0.29, 0.717) is 36.5 Å². The number of benzene rings is 2. The summed E-state index contributed by atoms with van der Waals surface area (Å²) in [5.41, 5.74) is 2.44. The Morgan fingerprint density at radius 3 is 2.26 bits per heavy atom. The molecule has 190 valence electrons. The molecule has 1 N–H and O–H groups in total. The van der Waals surface area contributed by atoms with Crippen molar-refractivity contribution in [3.63, 3.8) is 0 Å². The Balaban J connectivity index is 0.00000408. The van der Waals surface area contributed by atoms with E-state index >= 15 is 0 Å². The third-order valence-corrected chi connectivity index (χ3v) is 6.95. The van der Waals surface area contributed by atoms with Gasteiger partial charge in [-0.05, 0) is 79.6 Å². The molecule has 0 aromatic heterocycles. The number of methoxy groups -OCH3 is 3. The number of aryl methyl sites for hydroxylation is 1. The Morgan fingerprint density at radius 1 is 1.06 bits per heavy atom. The second kappa shape index (κ2) is 12.1. The number of likely N-dealkylation sites (N-methyl/N-ethyl adjacent to an activating group) is 1. The number of aliphatic hydroxyl groups is 1. The summed E-state index contributed by atoms with van der Waals surface area (Å²) in [5, 5.41) is 11.7. The van der Waals surface area contributed by atoms with Crippen molar-refractivity contribution in [3.8, 4) is 17.2 Å². The van der Waals surface area contributed by atoms with E-state index in [2.05, 4.69) is 25.8 Å². The molecule has 34 heavy (non-hydrogen) atoms. The molecule has 2 aromatic carbocycles. The van der Waals surface area contributed by atoms with Gasteiger partial charge in [0.25, 0.3) is 0 Å². The summed E-state index contributed by atoms with van der Waals surface area (Å²) in [4.78, 5) is 2.25. The van der Waals surface area contributed by atoms with Crippen molar-refractivity contribution in [1.29, 1.82) is 0 Å². The number of hydrogen-bond donors (Lipinski definition) is 1. The molecule has 0 aliphatic heterocycles. The smallest absolute Gasteiger partial charge is 0.203 e. The summed E-state index contributed by atoms with van der Waals surface area (Å²) in [6.07, 6.45) is 2.87. The normalized spacial score (nSPS) is 19.5. The summed E-state index contributed by atoms with van der Waals surface area (Å²) in [6.45, 7) is 5.90. The summed E-state index contributed by atoms with van der Waals surface area (Å²) in [7, 11) is 6.92. The van der Waals surface area contributed by atoms with E-state index in [1.165, 1.54) is 6.07 Å². The van der Waals surface area contributed by atoms with Crippen molar-refractivity contribution in [1.82, 2.24) is 4.90 Å². The van der Waals surface area contributed by atoms with Gasteiger partial charge >= 0.3 is 0 Å². The van der Waals surface area contributed by atoms with Gasteiger partial charge < -0.3 is 24.2 Å². The molecule has 1 aliphatic rings. The number of ether oxygens (including phenoxy) is 3. The van der Waals surface area contributed by atoms with E-state index in [1.54, 1.807) is 27.4 Å². The summed E-state index contributed by atoms with van der Waals surface area (Å²) in [5.74, 6) is 1.97. The van der Waals surface area contributed by atoms with Crippen molar-refractivity contribution >= 4 is 12.4 Å². The third kappa shape index (κ3) is 6.15. The zero-order valence-electron chi connectivity index (χ0n) is 21.2. The lowest BCUT2D eigenvalue weighted by Gasteiger charge is -2.44. The van der Waals surface area contributed by atoms with Gasteiger partial charge in [0.1, 0.15) is 5.82 Å². The molecule has 0 heterocycles. The van der Waals surface area contributed by atoms with Crippen LogP contribution in [-0.2, 0) is 12.8 Å². The van der Waals surface area contributed by atoms with Crippen molar-refractivity contribution in [2.24, 2.45) is 5.92 Å². The first-order valence-electron chi connectivity index (χ1n) is 11.7. The lowest BCUT2D eigenvalue weighted by Crippen LogP contribution is -2.45. The molecular formula is C27H39ClFNO4. The first kappa shape index (κ1) is 28.2. The van der Waals surface area contributed by atoms with Crippen LogP contribution in [0.25, 0.3) is 0 Å². The number of hydrogen-bond acceptors (Lipinski definition) is 5. The van der Waals surface area contributed by atoms with Gasteiger partial charge in [-0.15, -0.1) is 12.4 Å². The first-order chi connectivity index (χ1) is 15.7. The van der Waals surface area contributed by atoms with Gasteiger partial charge in [-0.25, -0.2) is 4.39 Å². The maximum Gasteiger partial charge on any atom is 0.203 e. The highest BCUT2D eigenvalue weighted by atomic mass is 35.5. The highest BCUT2D eigenvalue weighted by molar-refractivity contribution is 5.85. The highest BCUT2D eigenvalue weighted by Gasteiger charge is 2.43. The van der Waals surface area contributed by atoms with Crippen molar-refractivity contribution < 1.29 is 23.7 Å². The topological polar surface area (TPSA) is 51.2 Å². The maximum absolute atomic E-state index is 13.7. The minimum atomic E-state index is -0.792. The van der Waals surface area contributed by atoms with Crippen molar-refractivity contribution in [3.05, 3.63) is 52.8 Å². The van der Waals surface area contributed by atoms with Gasteiger partial charge in [-0.3, -0.25) is 0 Å². The fourth-order valence-corrected chi connectivity index (χ4v) is 5.25. The molecule has 0 bridgehead atoms. The SMILES string of the molecule is COc1cc(CCN(C)CC[C@@]2(O)CCc3cc(F)ccc3[C@@H]2C(C)C)cc(OC)c1OC.Cl. The Morgan fingerprint density at radius 2 is 1.71 bits per heavy atom. The van der Waals surface area contributed by atoms with Crippen LogP contribution in [-0.4, -0.2) is 57.1 Å². The highest BCUT2D eigenvalue weighted by Crippen LogP contribution is 2.45. The van der Waals surface area contributed by atoms with Crippen molar-refractivity contribution in [2.75, 3.05) is 41.5 Å². The molecule has 0 unspecified atom stereocenters. The molecule has 1 aliphatic carbocycles. The maximum atomic E-state index is 13.7. The van der Waals surface area contributed by atoms with E-state index in [4.69, 9.17) is 14.2 Å². The van der Waals surface area contributed by atoms with E-state index in [9.17, 15) is 9.50 Å². The molecule has 0 radical (unpaired) electrons. The minimum Gasteiger partial charge on any atom is -0.493 e. The Kier molecular flexibility index (Phi) is 10.0. The van der Waals surface area contributed by atoms with Crippen LogP contribution < -0.4 is 14.2 Å². The van der Waals surface area contributed by atoms with Gasteiger partial charge in [0.15, 0.2) is 11.5 Å². The quantitative estimate of drug-likeness (QED) is 0.487. The largest absolute Gasteiger partial charge is 0.493 e. The van der Waals surface area contributed by atoms with E-state index in [0.717, 1.165) is 36.2 Å². The van der Waals surface area contributed by atoms with Crippen LogP contribution in [0.4, 0.5) is 4.39 Å². The van der Waals surface area contributed by atoms with E-state index in [1.807, 2.05) is 18.2 Å². The number of fused-ring (bicyclic) bond motifs is 1. The van der Waals surface area contributed by atoms with Gasteiger partial charge in [-0.1, -0.05) is 19.9 Å². The molecule has 0 spiro atoms. The Hall–Kier alpha value is -2.02. The third-order valence-electron chi connectivity index (χ3n) is 6.95. The summed E-state index contributed by atoms with van der Waals surface area (Å²) < 4.78 is 30.1. The van der Waals surface area contributed by atoms with Crippen LogP contribution in [0.5, 0.6) is 17.2 Å². The van der Waals surface area contributed by atoms with Gasteiger partial charge in [0, 0.05) is 19.0 Å². The zero-order chi connectivity index (χ0) is 24.2. The molecule has 0 fully saturated rings. The average Bonchev–Trinajstić information content (AvgIpc) is 2.80. The summed E-state index contributed by atoms with van der Waals surface area (Å²) >= 11 is 0. The fraction of sp³-hybridized carbons (Fsp3) is 0.556. The first-order valence-corrected chi connectivity index (χ1v) is 11.7. The van der Waals surface area contributed by atoms with Crippen LogP contribution in [0.2, 0.25) is 0 Å². The number of nitrogens with zero attached hydrogens (tertiary/aromatic N) is 1. The van der Waals surface area contributed by atoms with Crippen LogP contribution >= 0.6 is 12.4 Å².